The minimum atomic E-state index is -0.389. The van der Waals surface area contributed by atoms with Crippen LogP contribution in [0.1, 0.15) is 51.6 Å². The Labute approximate surface area is 150 Å². The van der Waals surface area contributed by atoms with E-state index in [1.54, 1.807) is 12.1 Å². The first kappa shape index (κ1) is 17.5. The van der Waals surface area contributed by atoms with Crippen LogP contribution in [0.2, 0.25) is 0 Å². The number of esters is 1. The molecule has 132 valence electrons. The van der Waals surface area contributed by atoms with Crippen LogP contribution in [-0.4, -0.2) is 19.0 Å². The van der Waals surface area contributed by atoms with Crippen molar-refractivity contribution in [2.45, 2.75) is 39.0 Å². The number of anilines is 1. The molecule has 0 aromatic carbocycles. The largest absolute Gasteiger partial charge is 0.465 e. The molecule has 2 heterocycles. The molecule has 1 aliphatic rings. The highest BCUT2D eigenvalue weighted by Crippen LogP contribution is 2.37. The van der Waals surface area contributed by atoms with Crippen molar-refractivity contribution in [3.63, 3.8) is 0 Å². The van der Waals surface area contributed by atoms with Crippen molar-refractivity contribution >= 4 is 34.3 Å². The molecule has 0 bridgehead atoms. The summed E-state index contributed by atoms with van der Waals surface area (Å²) in [6, 6.07) is 3.63. The molecule has 0 radical (unpaired) electrons. The number of hydrogen-bond donors (Lipinski definition) is 1. The summed E-state index contributed by atoms with van der Waals surface area (Å²) in [5, 5.41) is 3.40. The molecule has 1 aliphatic carbocycles. The number of hydrogen-bond acceptors (Lipinski definition) is 5. The van der Waals surface area contributed by atoms with Crippen LogP contribution in [-0.2, 0) is 22.4 Å². The van der Waals surface area contributed by atoms with Gasteiger partial charge in [0.05, 0.1) is 12.7 Å². The third-order valence-corrected chi connectivity index (χ3v) is 5.41. The lowest BCUT2D eigenvalue weighted by Gasteiger charge is -2.06. The van der Waals surface area contributed by atoms with E-state index in [-0.39, 0.29) is 11.9 Å². The van der Waals surface area contributed by atoms with Crippen molar-refractivity contribution in [2.24, 2.45) is 0 Å². The van der Waals surface area contributed by atoms with E-state index in [2.05, 4.69) is 5.32 Å². The Kier molecular flexibility index (Phi) is 5.38. The standard InChI is InChI=1S/C19H21NO4S/c1-12-8-9-13(24-12)10-11-16(21)20-18-17(19(22)23-2)14-6-4-3-5-7-15(14)25-18/h8-11H,3-7H2,1-2H3,(H,20,21). The number of carbonyl (C=O) groups is 2. The third-order valence-electron chi connectivity index (χ3n) is 4.21. The van der Waals surface area contributed by atoms with Gasteiger partial charge in [0.2, 0.25) is 5.91 Å². The number of methoxy groups -OCH3 is 1. The third kappa shape index (κ3) is 4.02. The van der Waals surface area contributed by atoms with E-state index in [1.165, 1.54) is 29.4 Å². The summed E-state index contributed by atoms with van der Waals surface area (Å²) in [6.45, 7) is 1.85. The molecule has 0 aliphatic heterocycles. The Morgan fingerprint density at radius 1 is 1.24 bits per heavy atom. The van der Waals surface area contributed by atoms with E-state index in [9.17, 15) is 9.59 Å². The van der Waals surface area contributed by atoms with Gasteiger partial charge >= 0.3 is 5.97 Å². The van der Waals surface area contributed by atoms with Crippen LogP contribution in [0.4, 0.5) is 5.00 Å². The number of nitrogens with one attached hydrogen (secondary N) is 1. The molecule has 0 atom stereocenters. The molecule has 0 unspecified atom stereocenters. The Balaban J connectivity index is 1.82. The predicted octanol–water partition coefficient (Wildman–Crippen LogP) is 4.36. The van der Waals surface area contributed by atoms with Crippen LogP contribution in [0.25, 0.3) is 6.08 Å². The van der Waals surface area contributed by atoms with E-state index >= 15 is 0 Å². The summed E-state index contributed by atoms with van der Waals surface area (Å²) in [6.07, 6.45) is 8.14. The predicted molar refractivity (Wildman–Crippen MR) is 98.0 cm³/mol. The normalized spacial score (nSPS) is 14.2. The molecule has 25 heavy (non-hydrogen) atoms. The van der Waals surface area contributed by atoms with Gasteiger partial charge in [-0.2, -0.15) is 0 Å². The first-order valence-electron chi connectivity index (χ1n) is 8.37. The van der Waals surface area contributed by atoms with Gasteiger partial charge in [-0.15, -0.1) is 11.3 Å². The Hall–Kier alpha value is -2.34. The first-order chi connectivity index (χ1) is 12.1. The molecule has 0 spiro atoms. The number of carbonyl (C=O) groups excluding carboxylic acids is 2. The lowest BCUT2D eigenvalue weighted by Crippen LogP contribution is -2.12. The van der Waals surface area contributed by atoms with Gasteiger partial charge in [0.1, 0.15) is 16.5 Å². The van der Waals surface area contributed by atoms with Gasteiger partial charge in [0.15, 0.2) is 0 Å². The smallest absolute Gasteiger partial charge is 0.341 e. The van der Waals surface area contributed by atoms with Crippen molar-refractivity contribution in [2.75, 3.05) is 12.4 Å². The maximum atomic E-state index is 12.3. The zero-order valence-corrected chi connectivity index (χ0v) is 15.2. The number of aryl methyl sites for hydroxylation is 2. The van der Waals surface area contributed by atoms with Crippen molar-refractivity contribution in [1.29, 1.82) is 0 Å². The molecular weight excluding hydrogens is 338 g/mol. The monoisotopic (exact) mass is 359 g/mol. The van der Waals surface area contributed by atoms with Gasteiger partial charge < -0.3 is 14.5 Å². The summed E-state index contributed by atoms with van der Waals surface area (Å²) < 4.78 is 10.3. The Morgan fingerprint density at radius 2 is 2.04 bits per heavy atom. The SMILES string of the molecule is COC(=O)c1c(NC(=O)C=Cc2ccc(C)o2)sc2c1CCCCC2. The van der Waals surface area contributed by atoms with Crippen molar-refractivity contribution in [1.82, 2.24) is 0 Å². The number of rotatable bonds is 4. The van der Waals surface area contributed by atoms with Crippen LogP contribution in [0.5, 0.6) is 0 Å². The first-order valence-corrected chi connectivity index (χ1v) is 9.18. The molecule has 1 N–H and O–H groups in total. The molecule has 1 amide bonds. The van der Waals surface area contributed by atoms with Gasteiger partial charge in [-0.1, -0.05) is 6.42 Å². The molecule has 3 rings (SSSR count). The maximum Gasteiger partial charge on any atom is 0.341 e. The van der Waals surface area contributed by atoms with Crippen LogP contribution >= 0.6 is 11.3 Å². The number of ether oxygens (including phenoxy) is 1. The highest BCUT2D eigenvalue weighted by atomic mass is 32.1. The lowest BCUT2D eigenvalue weighted by atomic mass is 10.1. The molecule has 0 fully saturated rings. The van der Waals surface area contributed by atoms with Gasteiger partial charge in [-0.3, -0.25) is 4.79 Å². The van der Waals surface area contributed by atoms with Gasteiger partial charge in [0, 0.05) is 11.0 Å². The quantitative estimate of drug-likeness (QED) is 0.500. The molecule has 2 aromatic rings. The van der Waals surface area contributed by atoms with Gasteiger partial charge in [-0.05, 0) is 56.4 Å². The number of amides is 1. The minimum Gasteiger partial charge on any atom is -0.465 e. The van der Waals surface area contributed by atoms with Crippen LogP contribution in [0.15, 0.2) is 22.6 Å². The summed E-state index contributed by atoms with van der Waals surface area (Å²) in [4.78, 5) is 25.7. The number of furan rings is 1. The highest BCUT2D eigenvalue weighted by molar-refractivity contribution is 7.17. The molecule has 0 saturated carbocycles. The molecule has 0 saturated heterocycles. The Bertz CT molecular complexity index is 816. The van der Waals surface area contributed by atoms with E-state index in [4.69, 9.17) is 9.15 Å². The molecule has 6 heteroatoms. The molecule has 2 aromatic heterocycles. The average molecular weight is 359 g/mol. The van der Waals surface area contributed by atoms with Crippen LogP contribution in [0.3, 0.4) is 0 Å². The Morgan fingerprint density at radius 3 is 2.76 bits per heavy atom. The molecular formula is C19H21NO4S. The maximum absolute atomic E-state index is 12.3. The van der Waals surface area contributed by atoms with Crippen molar-refractivity contribution in [3.05, 3.63) is 45.7 Å². The van der Waals surface area contributed by atoms with Gasteiger partial charge in [0.25, 0.3) is 0 Å². The summed E-state index contributed by atoms with van der Waals surface area (Å²) in [5.74, 6) is 0.716. The summed E-state index contributed by atoms with van der Waals surface area (Å²) in [5.41, 5.74) is 1.55. The van der Waals surface area contributed by atoms with Crippen LogP contribution in [0, 0.1) is 6.92 Å². The fourth-order valence-corrected chi connectivity index (χ4v) is 4.28. The molecule has 5 nitrogen and oxygen atoms in total. The van der Waals surface area contributed by atoms with Crippen molar-refractivity contribution < 1.29 is 18.7 Å². The second-order valence-electron chi connectivity index (χ2n) is 6.03. The van der Waals surface area contributed by atoms with E-state index in [0.717, 1.165) is 43.4 Å². The highest BCUT2D eigenvalue weighted by Gasteiger charge is 2.25. The number of thiophene rings is 1. The summed E-state index contributed by atoms with van der Waals surface area (Å²) >= 11 is 1.48. The lowest BCUT2D eigenvalue weighted by molar-refractivity contribution is -0.111. The van der Waals surface area contributed by atoms with E-state index in [1.807, 2.05) is 13.0 Å². The topological polar surface area (TPSA) is 68.5 Å². The fourth-order valence-electron chi connectivity index (χ4n) is 3.00. The minimum absolute atomic E-state index is 0.296. The van der Waals surface area contributed by atoms with Crippen molar-refractivity contribution in [3.8, 4) is 0 Å². The summed E-state index contributed by atoms with van der Waals surface area (Å²) in [7, 11) is 1.37. The fraction of sp³-hybridized carbons (Fsp3) is 0.368. The van der Waals surface area contributed by atoms with E-state index < -0.39 is 0 Å². The zero-order valence-electron chi connectivity index (χ0n) is 14.4. The van der Waals surface area contributed by atoms with Crippen LogP contribution < -0.4 is 5.32 Å². The number of fused-ring (bicyclic) bond motifs is 1. The zero-order chi connectivity index (χ0) is 17.8. The second-order valence-corrected chi connectivity index (χ2v) is 7.14. The van der Waals surface area contributed by atoms with Gasteiger partial charge in [-0.25, -0.2) is 4.79 Å². The second kappa shape index (κ2) is 7.70. The average Bonchev–Trinajstić information content (AvgIpc) is 3.08. The van der Waals surface area contributed by atoms with E-state index in [0.29, 0.717) is 16.3 Å².